The van der Waals surface area contributed by atoms with Crippen LogP contribution in [-0.4, -0.2) is 60.3 Å². The van der Waals surface area contributed by atoms with Crippen molar-refractivity contribution in [3.63, 3.8) is 0 Å². The third kappa shape index (κ3) is 6.07. The number of aromatic nitrogens is 2. The highest BCUT2D eigenvalue weighted by molar-refractivity contribution is 6.31. The number of nitrogens with one attached hydrogen (secondary N) is 3. The Morgan fingerprint density at radius 3 is 2.60 bits per heavy atom. The van der Waals surface area contributed by atoms with Gasteiger partial charge in [-0.15, -0.1) is 0 Å². The summed E-state index contributed by atoms with van der Waals surface area (Å²) in [6.07, 6.45) is 10.4. The van der Waals surface area contributed by atoms with Crippen LogP contribution in [-0.2, 0) is 6.54 Å². The van der Waals surface area contributed by atoms with E-state index in [9.17, 15) is 9.65 Å². The molecule has 2 aromatic rings. The van der Waals surface area contributed by atoms with E-state index in [1.54, 1.807) is 6.20 Å². The molecule has 5 fully saturated rings. The summed E-state index contributed by atoms with van der Waals surface area (Å²) in [5.74, 6) is 4.10. The zero-order valence-electron chi connectivity index (χ0n) is 23.2. The fraction of sp³-hybridized carbons (Fsp3) is 0.645. The summed E-state index contributed by atoms with van der Waals surface area (Å²) >= 11 is 6.30. The van der Waals surface area contributed by atoms with Gasteiger partial charge in [-0.3, -0.25) is 0 Å². The Balaban J connectivity index is 1.05. The predicted molar refractivity (Wildman–Crippen MR) is 157 cm³/mol. The average molecular weight is 566 g/mol. The molecule has 1 saturated heterocycles. The molecule has 4 bridgehead atoms. The summed E-state index contributed by atoms with van der Waals surface area (Å²) in [4.78, 5) is 11.3. The fourth-order valence-corrected chi connectivity index (χ4v) is 8.55. The number of anilines is 2. The summed E-state index contributed by atoms with van der Waals surface area (Å²) in [7, 11) is 0. The van der Waals surface area contributed by atoms with Gasteiger partial charge in [-0.2, -0.15) is 10.2 Å². The SMILES string of the molecule is N#Cc1cnc(NCc2ccccc2Cl)nc1NCC12CC3C[C@H](C1)C(NCC1CCN(CCF)CC1)[C@@H](C3)C2. The van der Waals surface area contributed by atoms with Gasteiger partial charge in [0.2, 0.25) is 5.95 Å². The van der Waals surface area contributed by atoms with Gasteiger partial charge in [0.1, 0.15) is 24.1 Å². The molecule has 4 aliphatic carbocycles. The first-order valence-electron chi connectivity index (χ1n) is 15.0. The van der Waals surface area contributed by atoms with Crippen molar-refractivity contribution in [2.75, 3.05) is 50.0 Å². The fourth-order valence-electron chi connectivity index (χ4n) is 8.35. The molecule has 4 saturated carbocycles. The number of alkyl halides is 1. The Kier molecular flexibility index (Phi) is 8.43. The molecule has 40 heavy (non-hydrogen) atoms. The van der Waals surface area contributed by atoms with E-state index < -0.39 is 0 Å². The third-order valence-corrected chi connectivity index (χ3v) is 10.5. The number of nitriles is 1. The molecule has 5 aliphatic rings. The van der Waals surface area contributed by atoms with Crippen LogP contribution >= 0.6 is 11.6 Å². The molecule has 3 unspecified atom stereocenters. The molecule has 0 spiro atoms. The molecule has 2 heterocycles. The van der Waals surface area contributed by atoms with Gasteiger partial charge in [-0.25, -0.2) is 9.37 Å². The molecule has 3 N–H and O–H groups in total. The average Bonchev–Trinajstić information content (AvgIpc) is 2.96. The van der Waals surface area contributed by atoms with Crippen LogP contribution < -0.4 is 16.0 Å². The minimum absolute atomic E-state index is 0.233. The second kappa shape index (κ2) is 12.2. The molecule has 5 atom stereocenters. The number of hydrogen-bond acceptors (Lipinski definition) is 7. The lowest BCUT2D eigenvalue weighted by molar-refractivity contribution is -0.0704. The third-order valence-electron chi connectivity index (χ3n) is 10.1. The second-order valence-corrected chi connectivity index (χ2v) is 13.2. The predicted octanol–water partition coefficient (Wildman–Crippen LogP) is 5.49. The number of nitrogens with zero attached hydrogens (tertiary/aromatic N) is 4. The summed E-state index contributed by atoms with van der Waals surface area (Å²) < 4.78 is 12.7. The van der Waals surface area contributed by atoms with Crippen LogP contribution in [0.25, 0.3) is 0 Å². The van der Waals surface area contributed by atoms with Crippen LogP contribution in [0.2, 0.25) is 5.02 Å². The van der Waals surface area contributed by atoms with E-state index in [1.807, 2.05) is 24.3 Å². The topological polar surface area (TPSA) is 88.9 Å². The zero-order valence-corrected chi connectivity index (χ0v) is 24.0. The zero-order chi connectivity index (χ0) is 27.5. The van der Waals surface area contributed by atoms with Crippen molar-refractivity contribution in [3.05, 3.63) is 46.6 Å². The maximum Gasteiger partial charge on any atom is 0.224 e. The summed E-state index contributed by atoms with van der Waals surface area (Å²) in [5, 5.41) is 21.3. The van der Waals surface area contributed by atoms with E-state index in [4.69, 9.17) is 11.6 Å². The molecule has 9 heteroatoms. The molecule has 0 amide bonds. The summed E-state index contributed by atoms with van der Waals surface area (Å²) in [6.45, 7) is 4.91. The highest BCUT2D eigenvalue weighted by Gasteiger charge is 2.55. The molecule has 1 aliphatic heterocycles. The second-order valence-electron chi connectivity index (χ2n) is 12.7. The van der Waals surface area contributed by atoms with Gasteiger partial charge in [0.15, 0.2) is 0 Å². The quantitative estimate of drug-likeness (QED) is 0.332. The van der Waals surface area contributed by atoms with Crippen LogP contribution in [0.1, 0.15) is 56.1 Å². The maximum atomic E-state index is 12.7. The summed E-state index contributed by atoms with van der Waals surface area (Å²) in [6, 6.07) is 10.6. The smallest absolute Gasteiger partial charge is 0.224 e. The Morgan fingerprint density at radius 1 is 1.10 bits per heavy atom. The van der Waals surface area contributed by atoms with Crippen molar-refractivity contribution in [3.8, 4) is 6.07 Å². The maximum absolute atomic E-state index is 12.7. The van der Waals surface area contributed by atoms with Gasteiger partial charge in [-0.05, 0) is 105 Å². The van der Waals surface area contributed by atoms with Crippen LogP contribution in [0.5, 0.6) is 0 Å². The molecule has 0 radical (unpaired) electrons. The molecule has 1 aromatic carbocycles. The molecular weight excluding hydrogens is 525 g/mol. The Hall–Kier alpha value is -2.47. The molecule has 7 nitrogen and oxygen atoms in total. The van der Waals surface area contributed by atoms with Gasteiger partial charge in [0.25, 0.3) is 0 Å². The first kappa shape index (κ1) is 27.7. The molecule has 1 aromatic heterocycles. The van der Waals surface area contributed by atoms with E-state index in [0.717, 1.165) is 49.5 Å². The number of likely N-dealkylation sites (tertiary alicyclic amines) is 1. The van der Waals surface area contributed by atoms with Crippen molar-refractivity contribution in [1.29, 1.82) is 5.26 Å². The minimum Gasteiger partial charge on any atom is -0.368 e. The molecule has 7 rings (SSSR count). The number of hydrogen-bond donors (Lipinski definition) is 3. The van der Waals surface area contributed by atoms with E-state index in [2.05, 4.69) is 36.9 Å². The van der Waals surface area contributed by atoms with Crippen LogP contribution in [0.15, 0.2) is 30.5 Å². The number of halogens is 2. The number of piperidine rings is 1. The van der Waals surface area contributed by atoms with Crippen molar-refractivity contribution in [2.24, 2.45) is 29.1 Å². The Morgan fingerprint density at radius 2 is 1.88 bits per heavy atom. The lowest BCUT2D eigenvalue weighted by atomic mass is 9.48. The van der Waals surface area contributed by atoms with Gasteiger partial charge < -0.3 is 20.9 Å². The largest absolute Gasteiger partial charge is 0.368 e. The highest BCUT2D eigenvalue weighted by atomic mass is 35.5. The van der Waals surface area contributed by atoms with Crippen molar-refractivity contribution >= 4 is 23.4 Å². The Labute approximate surface area is 242 Å². The van der Waals surface area contributed by atoms with Crippen LogP contribution in [0, 0.1) is 40.4 Å². The Bertz CT molecular complexity index is 1190. The van der Waals surface area contributed by atoms with Crippen LogP contribution in [0.3, 0.4) is 0 Å². The standard InChI is InChI=1S/C31H41ClFN7/c32-27-4-2-1-3-23(27)18-36-30-37-19-26(16-34)29(39-30)38-20-31-13-22-11-24(14-31)28(25(12-22)15-31)35-17-21-5-8-40(9-6-21)10-7-33/h1-4,19,21-22,24-25,28,35H,5-15,17-18,20H2,(H2,36,37,38,39)/t22?,24-,25+,28?,31?. The van der Waals surface area contributed by atoms with Crippen molar-refractivity contribution in [1.82, 2.24) is 20.2 Å². The number of benzene rings is 1. The van der Waals surface area contributed by atoms with Crippen molar-refractivity contribution < 1.29 is 4.39 Å². The van der Waals surface area contributed by atoms with E-state index in [-0.39, 0.29) is 12.1 Å². The summed E-state index contributed by atoms with van der Waals surface area (Å²) in [5.41, 5.74) is 1.73. The molecule has 214 valence electrons. The van der Waals surface area contributed by atoms with Crippen LogP contribution in [0.4, 0.5) is 16.2 Å². The van der Waals surface area contributed by atoms with E-state index in [1.165, 1.54) is 44.9 Å². The minimum atomic E-state index is -0.233. The van der Waals surface area contributed by atoms with Crippen molar-refractivity contribution in [2.45, 2.75) is 57.5 Å². The van der Waals surface area contributed by atoms with E-state index in [0.29, 0.717) is 47.4 Å². The molecular formula is C31H41ClFN7. The van der Waals surface area contributed by atoms with Gasteiger partial charge >= 0.3 is 0 Å². The lowest BCUT2D eigenvalue weighted by Crippen LogP contribution is -2.60. The lowest BCUT2D eigenvalue weighted by Gasteiger charge is -2.60. The highest BCUT2D eigenvalue weighted by Crippen LogP contribution is 2.60. The van der Waals surface area contributed by atoms with Gasteiger partial charge in [-0.1, -0.05) is 29.8 Å². The first-order valence-corrected chi connectivity index (χ1v) is 15.4. The van der Waals surface area contributed by atoms with Gasteiger partial charge in [0, 0.05) is 30.7 Å². The van der Waals surface area contributed by atoms with E-state index >= 15 is 0 Å². The first-order chi connectivity index (χ1) is 19.5. The number of rotatable bonds is 11. The normalized spacial score (nSPS) is 29.8. The monoisotopic (exact) mass is 565 g/mol. The van der Waals surface area contributed by atoms with Gasteiger partial charge in [0.05, 0.1) is 6.20 Å².